The molecule has 0 amide bonds. The van der Waals surface area contributed by atoms with Crippen molar-refractivity contribution in [2.45, 2.75) is 6.43 Å². The van der Waals surface area contributed by atoms with E-state index in [0.29, 0.717) is 0 Å². The maximum Gasteiger partial charge on any atom is 0.281 e. The van der Waals surface area contributed by atoms with Crippen molar-refractivity contribution < 1.29 is 8.78 Å². The molecule has 0 spiro atoms. The molecule has 6 heteroatoms. The summed E-state index contributed by atoms with van der Waals surface area (Å²) in [6, 6.07) is 2.93. The minimum atomic E-state index is -2.71. The lowest BCUT2D eigenvalue weighted by Crippen LogP contribution is -2.01. The molecule has 0 radical (unpaired) electrons. The highest BCUT2D eigenvalue weighted by atomic mass is 127. The smallest absolute Gasteiger partial charge is 0.281 e. The summed E-state index contributed by atoms with van der Waals surface area (Å²) in [6.07, 6.45) is -2.71. The minimum absolute atomic E-state index is 0.0896. The number of hydrogen-bond acceptors (Lipinski definition) is 3. The van der Waals surface area contributed by atoms with Gasteiger partial charge in [-0.1, -0.05) is 0 Å². The first-order valence-electron chi connectivity index (χ1n) is 3.20. The van der Waals surface area contributed by atoms with E-state index in [9.17, 15) is 8.78 Å². The van der Waals surface area contributed by atoms with Gasteiger partial charge in [0.2, 0.25) is 0 Å². The van der Waals surface area contributed by atoms with Gasteiger partial charge in [0.1, 0.15) is 17.5 Å². The molecule has 1 rings (SSSR count). The summed E-state index contributed by atoms with van der Waals surface area (Å²) in [7, 11) is 0. The van der Waals surface area contributed by atoms with Gasteiger partial charge in [-0.25, -0.2) is 13.8 Å². The van der Waals surface area contributed by atoms with Gasteiger partial charge in [0, 0.05) is 5.69 Å². The van der Waals surface area contributed by atoms with Crippen LogP contribution in [0.5, 0.6) is 0 Å². The van der Waals surface area contributed by atoms with Crippen LogP contribution in [0.2, 0.25) is 0 Å². The molecule has 0 unspecified atom stereocenters. The van der Waals surface area contributed by atoms with Gasteiger partial charge in [-0.2, -0.15) is 5.26 Å². The molecule has 0 saturated carbocycles. The van der Waals surface area contributed by atoms with Crippen LogP contribution in [0.25, 0.3) is 0 Å². The van der Waals surface area contributed by atoms with E-state index in [1.807, 2.05) is 0 Å². The zero-order chi connectivity index (χ0) is 10.0. The van der Waals surface area contributed by atoms with Crippen LogP contribution in [0.1, 0.15) is 17.8 Å². The maximum absolute atomic E-state index is 12.3. The molecule has 1 aromatic heterocycles. The highest BCUT2D eigenvalue weighted by Crippen LogP contribution is 2.26. The van der Waals surface area contributed by atoms with E-state index in [0.717, 1.165) is 0 Å². The van der Waals surface area contributed by atoms with Crippen molar-refractivity contribution in [2.24, 2.45) is 0 Å². The van der Waals surface area contributed by atoms with Crippen LogP contribution in [-0.2, 0) is 0 Å². The van der Waals surface area contributed by atoms with Gasteiger partial charge in [-0.3, -0.25) is 0 Å². The number of nitriles is 1. The van der Waals surface area contributed by atoms with E-state index in [-0.39, 0.29) is 15.0 Å². The van der Waals surface area contributed by atoms with Crippen molar-refractivity contribution in [3.63, 3.8) is 0 Å². The van der Waals surface area contributed by atoms with E-state index in [2.05, 4.69) is 4.98 Å². The SMILES string of the molecule is N#Cc1cc(N)c(I)c(C(F)F)n1. The second-order valence-electron chi connectivity index (χ2n) is 2.21. The molecule has 1 heterocycles. The van der Waals surface area contributed by atoms with Crippen molar-refractivity contribution >= 4 is 28.3 Å². The molecular formula is C7H4F2IN3. The number of rotatable bonds is 1. The largest absolute Gasteiger partial charge is 0.398 e. The van der Waals surface area contributed by atoms with Crippen LogP contribution in [0, 0.1) is 14.9 Å². The lowest BCUT2D eigenvalue weighted by molar-refractivity contribution is 0.145. The minimum Gasteiger partial charge on any atom is -0.398 e. The zero-order valence-electron chi connectivity index (χ0n) is 6.26. The van der Waals surface area contributed by atoms with Crippen LogP contribution in [-0.4, -0.2) is 4.98 Å². The number of anilines is 1. The standard InChI is InChI=1S/C7H4F2IN3/c8-7(9)6-5(10)4(12)1-3(2-11)13-6/h1,7H,(H2,12,13). The van der Waals surface area contributed by atoms with E-state index >= 15 is 0 Å². The third kappa shape index (κ3) is 2.03. The quantitative estimate of drug-likeness (QED) is 0.807. The van der Waals surface area contributed by atoms with Gasteiger partial charge in [0.05, 0.1) is 3.57 Å². The van der Waals surface area contributed by atoms with Crippen molar-refractivity contribution in [3.05, 3.63) is 21.0 Å². The van der Waals surface area contributed by atoms with E-state index < -0.39 is 12.1 Å². The monoisotopic (exact) mass is 295 g/mol. The Bertz CT molecular complexity index is 373. The summed E-state index contributed by atoms with van der Waals surface area (Å²) in [6.45, 7) is 0. The number of pyridine rings is 1. The Morgan fingerprint density at radius 2 is 2.23 bits per heavy atom. The molecule has 0 aliphatic heterocycles. The fraction of sp³-hybridized carbons (Fsp3) is 0.143. The number of halogens is 3. The molecule has 0 atom stereocenters. The van der Waals surface area contributed by atoms with Crippen LogP contribution >= 0.6 is 22.6 Å². The topological polar surface area (TPSA) is 62.7 Å². The fourth-order valence-corrected chi connectivity index (χ4v) is 1.28. The average Bonchev–Trinajstić information content (AvgIpc) is 2.09. The number of nitrogen functional groups attached to an aromatic ring is 1. The molecule has 3 nitrogen and oxygen atoms in total. The Balaban J connectivity index is 3.35. The summed E-state index contributed by atoms with van der Waals surface area (Å²) in [5.41, 5.74) is 5.04. The average molecular weight is 295 g/mol. The summed E-state index contributed by atoms with van der Waals surface area (Å²) in [5.74, 6) is 0. The Kier molecular flexibility index (Phi) is 2.98. The molecule has 0 aromatic carbocycles. The number of nitrogens with two attached hydrogens (primary N) is 1. The Morgan fingerprint density at radius 3 is 2.69 bits per heavy atom. The second kappa shape index (κ2) is 3.83. The Labute approximate surface area is 86.7 Å². The normalized spacial score (nSPS) is 10.1. The van der Waals surface area contributed by atoms with Gasteiger partial charge in [-0.05, 0) is 28.7 Å². The van der Waals surface area contributed by atoms with Crippen molar-refractivity contribution in [1.29, 1.82) is 5.26 Å². The Hall–Kier alpha value is -0.970. The van der Waals surface area contributed by atoms with Gasteiger partial charge in [-0.15, -0.1) is 0 Å². The van der Waals surface area contributed by atoms with Crippen molar-refractivity contribution in [2.75, 3.05) is 5.73 Å². The molecule has 0 aliphatic rings. The molecule has 0 fully saturated rings. The van der Waals surface area contributed by atoms with Crippen LogP contribution in [0.4, 0.5) is 14.5 Å². The zero-order valence-corrected chi connectivity index (χ0v) is 8.42. The molecule has 0 bridgehead atoms. The molecule has 68 valence electrons. The highest BCUT2D eigenvalue weighted by Gasteiger charge is 2.16. The van der Waals surface area contributed by atoms with Crippen LogP contribution < -0.4 is 5.73 Å². The first-order valence-corrected chi connectivity index (χ1v) is 4.28. The van der Waals surface area contributed by atoms with Gasteiger partial charge in [0.25, 0.3) is 6.43 Å². The van der Waals surface area contributed by atoms with E-state index in [1.54, 1.807) is 28.7 Å². The van der Waals surface area contributed by atoms with Crippen LogP contribution in [0.3, 0.4) is 0 Å². The van der Waals surface area contributed by atoms with E-state index in [1.165, 1.54) is 6.07 Å². The number of hydrogen-bond donors (Lipinski definition) is 1. The Morgan fingerprint density at radius 1 is 1.62 bits per heavy atom. The van der Waals surface area contributed by atoms with Crippen molar-refractivity contribution in [3.8, 4) is 6.07 Å². The first kappa shape index (κ1) is 10.1. The molecule has 0 aliphatic carbocycles. The number of alkyl halides is 2. The summed E-state index contributed by atoms with van der Waals surface area (Å²) in [4.78, 5) is 3.45. The number of aromatic nitrogens is 1. The molecular weight excluding hydrogens is 291 g/mol. The predicted octanol–water partition coefficient (Wildman–Crippen LogP) is 2.08. The predicted molar refractivity (Wildman–Crippen MR) is 51.0 cm³/mol. The lowest BCUT2D eigenvalue weighted by atomic mass is 10.3. The third-order valence-corrected chi connectivity index (χ3v) is 2.51. The summed E-state index contributed by atoms with van der Waals surface area (Å²) in [5, 5.41) is 8.44. The van der Waals surface area contributed by atoms with Crippen LogP contribution in [0.15, 0.2) is 6.07 Å². The summed E-state index contributed by atoms with van der Waals surface area (Å²) >= 11 is 1.68. The second-order valence-corrected chi connectivity index (χ2v) is 3.29. The lowest BCUT2D eigenvalue weighted by Gasteiger charge is -2.04. The number of nitrogens with zero attached hydrogens (tertiary/aromatic N) is 2. The van der Waals surface area contributed by atoms with Gasteiger partial charge in [0.15, 0.2) is 0 Å². The van der Waals surface area contributed by atoms with E-state index in [4.69, 9.17) is 11.0 Å². The highest BCUT2D eigenvalue weighted by molar-refractivity contribution is 14.1. The molecule has 1 aromatic rings. The third-order valence-electron chi connectivity index (χ3n) is 1.33. The van der Waals surface area contributed by atoms with Crippen molar-refractivity contribution in [1.82, 2.24) is 4.98 Å². The molecule has 2 N–H and O–H groups in total. The molecule has 13 heavy (non-hydrogen) atoms. The first-order chi connectivity index (χ1) is 6.06. The van der Waals surface area contributed by atoms with Gasteiger partial charge < -0.3 is 5.73 Å². The fourth-order valence-electron chi connectivity index (χ4n) is 0.772. The summed E-state index contributed by atoms with van der Waals surface area (Å²) < 4.78 is 24.8. The van der Waals surface area contributed by atoms with Gasteiger partial charge >= 0.3 is 0 Å². The maximum atomic E-state index is 12.3. The molecule has 0 saturated heterocycles.